The number of halogens is 1. The van der Waals surface area contributed by atoms with Crippen LogP contribution in [0.25, 0.3) is 21.5 Å². The van der Waals surface area contributed by atoms with Crippen molar-refractivity contribution in [3.8, 4) is 22.1 Å². The molecule has 0 saturated carbocycles. The highest BCUT2D eigenvalue weighted by atomic mass is 79.9. The van der Waals surface area contributed by atoms with E-state index in [-0.39, 0.29) is 11.4 Å². The van der Waals surface area contributed by atoms with Crippen molar-refractivity contribution in [2.75, 3.05) is 0 Å². The van der Waals surface area contributed by atoms with Gasteiger partial charge in [0.25, 0.3) is 5.19 Å². The number of hydrogen-bond acceptors (Lipinski definition) is 6. The van der Waals surface area contributed by atoms with E-state index in [9.17, 15) is 10.1 Å². The molecule has 26 heavy (non-hydrogen) atoms. The zero-order valence-corrected chi connectivity index (χ0v) is 15.5. The molecule has 2 heterocycles. The molecule has 2 aromatic carbocycles. The first-order valence-corrected chi connectivity index (χ1v) is 9.15. The quantitative estimate of drug-likeness (QED) is 0.302. The molecular formula is C18H10BrN3O3S. The zero-order valence-electron chi connectivity index (χ0n) is 13.1. The molecule has 0 spiro atoms. The lowest BCUT2D eigenvalue weighted by Crippen LogP contribution is -1.94. The molecule has 2 aromatic heterocycles. The molecule has 0 unspecified atom stereocenters. The van der Waals surface area contributed by atoms with Crippen LogP contribution < -0.4 is 4.74 Å². The minimum atomic E-state index is -0.454. The third kappa shape index (κ3) is 3.29. The first kappa shape index (κ1) is 16.6. The van der Waals surface area contributed by atoms with Crippen LogP contribution in [0.1, 0.15) is 0 Å². The van der Waals surface area contributed by atoms with Gasteiger partial charge in [-0.05, 0) is 39.2 Å². The minimum absolute atomic E-state index is 0.111. The topological polar surface area (TPSA) is 78.2 Å². The van der Waals surface area contributed by atoms with Crippen molar-refractivity contribution in [2.45, 2.75) is 0 Å². The van der Waals surface area contributed by atoms with Crippen molar-refractivity contribution < 1.29 is 9.66 Å². The largest absolute Gasteiger partial charge is 0.423 e. The number of nitro groups is 1. The number of fused-ring (bicyclic) bond motifs is 1. The van der Waals surface area contributed by atoms with Crippen LogP contribution in [0.4, 0.5) is 5.69 Å². The first-order valence-electron chi connectivity index (χ1n) is 7.54. The average Bonchev–Trinajstić information content (AvgIpc) is 3.04. The van der Waals surface area contributed by atoms with E-state index < -0.39 is 4.92 Å². The van der Waals surface area contributed by atoms with E-state index in [1.165, 1.54) is 17.4 Å². The van der Waals surface area contributed by atoms with Gasteiger partial charge in [-0.15, -0.1) is 0 Å². The van der Waals surface area contributed by atoms with Gasteiger partial charge in [0.15, 0.2) is 0 Å². The second-order valence-corrected chi connectivity index (χ2v) is 7.22. The Morgan fingerprint density at radius 3 is 2.65 bits per heavy atom. The van der Waals surface area contributed by atoms with E-state index in [4.69, 9.17) is 4.74 Å². The summed E-state index contributed by atoms with van der Waals surface area (Å²) in [5.74, 6) is 0.146. The Morgan fingerprint density at radius 2 is 1.88 bits per heavy atom. The molecule has 0 aliphatic rings. The van der Waals surface area contributed by atoms with Gasteiger partial charge in [-0.25, -0.2) is 9.97 Å². The highest BCUT2D eigenvalue weighted by Crippen LogP contribution is 2.37. The summed E-state index contributed by atoms with van der Waals surface area (Å²) in [5, 5.41) is 11.8. The highest BCUT2D eigenvalue weighted by Gasteiger charge is 2.19. The third-order valence-electron chi connectivity index (χ3n) is 3.65. The van der Waals surface area contributed by atoms with Gasteiger partial charge < -0.3 is 4.74 Å². The van der Waals surface area contributed by atoms with E-state index in [1.807, 2.05) is 36.4 Å². The number of nitrogens with zero attached hydrogens (tertiary/aromatic N) is 3. The van der Waals surface area contributed by atoms with Crippen molar-refractivity contribution in [2.24, 2.45) is 0 Å². The predicted octanol–water partition coefficient (Wildman–Crippen LogP) is 5.82. The normalized spacial score (nSPS) is 10.8. The number of nitro benzene ring substituents is 1. The number of hydrogen-bond donors (Lipinski definition) is 0. The van der Waals surface area contributed by atoms with Crippen molar-refractivity contribution in [1.29, 1.82) is 0 Å². The first-order chi connectivity index (χ1) is 12.6. The van der Waals surface area contributed by atoms with Crippen LogP contribution in [0.3, 0.4) is 0 Å². The average molecular weight is 428 g/mol. The monoisotopic (exact) mass is 427 g/mol. The van der Waals surface area contributed by atoms with Crippen LogP contribution in [0.5, 0.6) is 10.9 Å². The highest BCUT2D eigenvalue weighted by molar-refractivity contribution is 9.10. The Labute approximate surface area is 160 Å². The maximum atomic E-state index is 11.5. The van der Waals surface area contributed by atoms with Gasteiger partial charge >= 0.3 is 5.69 Å². The van der Waals surface area contributed by atoms with Crippen molar-refractivity contribution in [3.63, 3.8) is 0 Å². The van der Waals surface area contributed by atoms with Crippen LogP contribution in [0.15, 0.2) is 65.3 Å². The number of benzene rings is 2. The summed E-state index contributed by atoms with van der Waals surface area (Å²) in [4.78, 5) is 20.3. The fourth-order valence-electron chi connectivity index (χ4n) is 2.47. The van der Waals surface area contributed by atoms with Crippen molar-refractivity contribution in [3.05, 3.63) is 75.4 Å². The Kier molecular flexibility index (Phi) is 4.36. The maximum Gasteiger partial charge on any atom is 0.312 e. The van der Waals surface area contributed by atoms with Crippen molar-refractivity contribution in [1.82, 2.24) is 9.97 Å². The summed E-state index contributed by atoms with van der Waals surface area (Å²) in [5.41, 5.74) is 2.21. The molecule has 8 heteroatoms. The van der Waals surface area contributed by atoms with Gasteiger partial charge in [0.05, 0.1) is 4.92 Å². The van der Waals surface area contributed by atoms with Crippen LogP contribution in [0.2, 0.25) is 0 Å². The lowest BCUT2D eigenvalue weighted by molar-refractivity contribution is -0.385. The molecule has 0 radical (unpaired) electrons. The lowest BCUT2D eigenvalue weighted by atomic mass is 10.1. The molecular weight excluding hydrogens is 418 g/mol. The SMILES string of the molecule is O=[N+]([O-])c1cc(-c2ccccc2)ccc1Oc1nc2cc(Br)cnc2s1. The van der Waals surface area contributed by atoms with E-state index in [1.54, 1.807) is 18.3 Å². The third-order valence-corrected chi connectivity index (χ3v) is 4.95. The van der Waals surface area contributed by atoms with Crippen LogP contribution in [-0.2, 0) is 0 Å². The second-order valence-electron chi connectivity index (χ2n) is 5.37. The summed E-state index contributed by atoms with van der Waals surface area (Å²) in [7, 11) is 0. The van der Waals surface area contributed by atoms with Crippen molar-refractivity contribution >= 4 is 43.3 Å². The molecule has 4 aromatic rings. The summed E-state index contributed by atoms with van der Waals surface area (Å²) in [6, 6.07) is 16.2. The predicted molar refractivity (Wildman–Crippen MR) is 104 cm³/mol. The number of pyridine rings is 1. The summed E-state index contributed by atoms with van der Waals surface area (Å²) in [6.45, 7) is 0. The van der Waals surface area contributed by atoms with E-state index in [0.717, 1.165) is 15.6 Å². The van der Waals surface area contributed by atoms with E-state index >= 15 is 0 Å². The molecule has 128 valence electrons. The molecule has 0 N–H and O–H groups in total. The zero-order chi connectivity index (χ0) is 18.1. The molecule has 0 amide bonds. The Hall–Kier alpha value is -2.84. The standard InChI is InChI=1S/C18H10BrN3O3S/c19-13-9-14-17(20-10-13)26-18(21-14)25-16-7-6-12(8-15(16)22(23)24)11-4-2-1-3-5-11/h1-10H. The Morgan fingerprint density at radius 1 is 1.08 bits per heavy atom. The van der Waals surface area contributed by atoms with Gasteiger partial charge in [-0.3, -0.25) is 10.1 Å². The van der Waals surface area contributed by atoms with Gasteiger partial charge in [-0.2, -0.15) is 0 Å². The maximum absolute atomic E-state index is 11.5. The molecule has 0 aliphatic heterocycles. The Bertz CT molecular complexity index is 1120. The van der Waals surface area contributed by atoms with Gasteiger partial charge in [0, 0.05) is 16.7 Å². The van der Waals surface area contributed by atoms with Crippen LogP contribution in [0, 0.1) is 10.1 Å². The van der Waals surface area contributed by atoms with Gasteiger partial charge in [-0.1, -0.05) is 47.7 Å². The summed E-state index contributed by atoms with van der Waals surface area (Å²) < 4.78 is 6.50. The van der Waals surface area contributed by atoms with Gasteiger partial charge in [0.2, 0.25) is 5.75 Å². The van der Waals surface area contributed by atoms with Crippen LogP contribution >= 0.6 is 27.3 Å². The lowest BCUT2D eigenvalue weighted by Gasteiger charge is -2.06. The fraction of sp³-hybridized carbons (Fsp3) is 0. The minimum Gasteiger partial charge on any atom is -0.423 e. The molecule has 0 fully saturated rings. The van der Waals surface area contributed by atoms with E-state index in [2.05, 4.69) is 25.9 Å². The fourth-order valence-corrected chi connectivity index (χ4v) is 3.55. The van der Waals surface area contributed by atoms with Crippen LogP contribution in [-0.4, -0.2) is 14.9 Å². The number of ether oxygens (including phenoxy) is 1. The molecule has 6 nitrogen and oxygen atoms in total. The van der Waals surface area contributed by atoms with E-state index in [0.29, 0.717) is 15.5 Å². The second kappa shape index (κ2) is 6.81. The molecule has 4 rings (SSSR count). The molecule has 0 bridgehead atoms. The van der Waals surface area contributed by atoms with Gasteiger partial charge in [0.1, 0.15) is 10.3 Å². The summed E-state index contributed by atoms with van der Waals surface area (Å²) >= 11 is 4.58. The number of rotatable bonds is 4. The molecule has 0 aliphatic carbocycles. The molecule has 0 saturated heterocycles. The number of aromatic nitrogens is 2. The Balaban J connectivity index is 1.72. The molecule has 0 atom stereocenters. The summed E-state index contributed by atoms with van der Waals surface area (Å²) in [6.07, 6.45) is 1.67. The smallest absolute Gasteiger partial charge is 0.312 e. The number of thiazole rings is 1.